The molecule has 0 spiro atoms. The van der Waals surface area contributed by atoms with E-state index in [0.717, 1.165) is 15.7 Å². The third-order valence-corrected chi connectivity index (χ3v) is 6.62. The normalized spacial score (nSPS) is 22.2. The van der Waals surface area contributed by atoms with Gasteiger partial charge >= 0.3 is 0 Å². The zero-order chi connectivity index (χ0) is 20.8. The predicted octanol–water partition coefficient (Wildman–Crippen LogP) is 4.49. The highest BCUT2D eigenvalue weighted by molar-refractivity contribution is 9.10. The number of methoxy groups -OCH3 is 2. The van der Waals surface area contributed by atoms with E-state index in [1.165, 1.54) is 5.56 Å². The first-order chi connectivity index (χ1) is 13.8. The standard InChI is InChI=1S/C23H25BrN2O3/c1-22(2)17-14-16(24)8-9-18(17)26-13-11-20(27)25-23(22,26)12-10-15-6-5-7-19(28-3)21(15)29-4/h5-10,12,14H,11,13H2,1-4H3,(H,25,27)/b12-10+. The molecule has 2 aliphatic rings. The van der Waals surface area contributed by atoms with E-state index in [1.807, 2.05) is 24.3 Å². The van der Waals surface area contributed by atoms with Crippen molar-refractivity contribution >= 4 is 33.6 Å². The van der Waals surface area contributed by atoms with Gasteiger partial charge in [0.05, 0.1) is 14.2 Å². The molecule has 0 aliphatic carbocycles. The number of carbonyl (C=O) groups excluding carboxylic acids is 1. The van der Waals surface area contributed by atoms with Gasteiger partial charge in [-0.25, -0.2) is 0 Å². The third-order valence-electron chi connectivity index (χ3n) is 6.13. The van der Waals surface area contributed by atoms with Gasteiger partial charge < -0.3 is 19.7 Å². The number of amides is 1. The van der Waals surface area contributed by atoms with Gasteiger partial charge in [0.1, 0.15) is 5.66 Å². The molecule has 152 valence electrons. The van der Waals surface area contributed by atoms with E-state index in [1.54, 1.807) is 14.2 Å². The third kappa shape index (κ3) is 2.92. The van der Waals surface area contributed by atoms with Gasteiger partial charge in [-0.05, 0) is 35.9 Å². The molecule has 5 nitrogen and oxygen atoms in total. The average Bonchev–Trinajstić information content (AvgIpc) is 2.89. The van der Waals surface area contributed by atoms with Gasteiger partial charge in [-0.15, -0.1) is 0 Å². The van der Waals surface area contributed by atoms with E-state index < -0.39 is 5.66 Å². The van der Waals surface area contributed by atoms with E-state index >= 15 is 0 Å². The van der Waals surface area contributed by atoms with Crippen molar-refractivity contribution in [3.8, 4) is 11.5 Å². The van der Waals surface area contributed by atoms with E-state index in [0.29, 0.717) is 24.5 Å². The molecule has 2 aliphatic heterocycles. The number of hydrogen-bond acceptors (Lipinski definition) is 4. The summed E-state index contributed by atoms with van der Waals surface area (Å²) in [7, 11) is 3.26. The number of nitrogens with zero attached hydrogens (tertiary/aromatic N) is 1. The number of anilines is 1. The highest BCUT2D eigenvalue weighted by atomic mass is 79.9. The van der Waals surface area contributed by atoms with Crippen molar-refractivity contribution in [2.24, 2.45) is 0 Å². The van der Waals surface area contributed by atoms with Gasteiger partial charge in [0.15, 0.2) is 11.5 Å². The van der Waals surface area contributed by atoms with Crippen LogP contribution in [0.5, 0.6) is 11.5 Å². The Kier molecular flexibility index (Phi) is 4.85. The highest BCUT2D eigenvalue weighted by Crippen LogP contribution is 2.53. The first kappa shape index (κ1) is 19.8. The number of ether oxygens (including phenoxy) is 2. The average molecular weight is 457 g/mol. The fourth-order valence-electron chi connectivity index (χ4n) is 4.58. The second-order valence-corrected chi connectivity index (χ2v) is 8.83. The predicted molar refractivity (Wildman–Crippen MR) is 119 cm³/mol. The Morgan fingerprint density at radius 2 is 1.97 bits per heavy atom. The van der Waals surface area contributed by atoms with Crippen molar-refractivity contribution in [3.63, 3.8) is 0 Å². The molecule has 6 heteroatoms. The van der Waals surface area contributed by atoms with Gasteiger partial charge in [-0.2, -0.15) is 0 Å². The number of benzene rings is 2. The van der Waals surface area contributed by atoms with Crippen molar-refractivity contribution in [1.82, 2.24) is 5.32 Å². The summed E-state index contributed by atoms with van der Waals surface area (Å²) < 4.78 is 12.0. The molecule has 0 saturated carbocycles. The Labute approximate surface area is 179 Å². The molecule has 1 unspecified atom stereocenters. The molecule has 1 amide bonds. The lowest BCUT2D eigenvalue weighted by molar-refractivity contribution is -0.124. The molecular formula is C23H25BrN2O3. The van der Waals surface area contributed by atoms with E-state index in [-0.39, 0.29) is 11.3 Å². The number of para-hydroxylation sites is 1. The Morgan fingerprint density at radius 3 is 2.69 bits per heavy atom. The maximum atomic E-state index is 12.5. The summed E-state index contributed by atoms with van der Waals surface area (Å²) in [5.41, 5.74) is 2.25. The van der Waals surface area contributed by atoms with E-state index in [9.17, 15) is 4.79 Å². The Bertz CT molecular complexity index is 1000. The fourth-order valence-corrected chi connectivity index (χ4v) is 4.94. The minimum absolute atomic E-state index is 0.0588. The molecule has 2 heterocycles. The molecular weight excluding hydrogens is 432 g/mol. The number of hydrogen-bond donors (Lipinski definition) is 1. The molecule has 4 rings (SSSR count). The summed E-state index contributed by atoms with van der Waals surface area (Å²) in [5.74, 6) is 1.41. The van der Waals surface area contributed by atoms with Crippen LogP contribution in [0, 0.1) is 0 Å². The summed E-state index contributed by atoms with van der Waals surface area (Å²) in [4.78, 5) is 14.8. The Balaban J connectivity index is 1.86. The SMILES string of the molecule is COc1cccc(/C=C/C23NC(=O)CCN2c2ccc(Br)cc2C3(C)C)c1OC. The van der Waals surface area contributed by atoms with Crippen LogP contribution in [0.2, 0.25) is 0 Å². The first-order valence-electron chi connectivity index (χ1n) is 9.63. The minimum atomic E-state index is -0.667. The van der Waals surface area contributed by atoms with E-state index in [4.69, 9.17) is 9.47 Å². The zero-order valence-electron chi connectivity index (χ0n) is 17.1. The van der Waals surface area contributed by atoms with Crippen LogP contribution in [-0.4, -0.2) is 32.3 Å². The van der Waals surface area contributed by atoms with Crippen molar-refractivity contribution in [1.29, 1.82) is 0 Å². The van der Waals surface area contributed by atoms with Crippen LogP contribution < -0.4 is 19.7 Å². The first-order valence-corrected chi connectivity index (χ1v) is 10.4. The van der Waals surface area contributed by atoms with Crippen LogP contribution in [0.3, 0.4) is 0 Å². The van der Waals surface area contributed by atoms with E-state index in [2.05, 4.69) is 64.3 Å². The molecule has 1 atom stereocenters. The molecule has 1 saturated heterocycles. The molecule has 29 heavy (non-hydrogen) atoms. The summed E-state index contributed by atoms with van der Waals surface area (Å²) in [6.45, 7) is 5.03. The summed E-state index contributed by atoms with van der Waals surface area (Å²) in [6, 6.07) is 12.1. The van der Waals surface area contributed by atoms with Crippen LogP contribution in [0.4, 0.5) is 5.69 Å². The molecule has 1 fully saturated rings. The molecule has 1 N–H and O–H groups in total. The van der Waals surface area contributed by atoms with Crippen LogP contribution in [0.1, 0.15) is 31.4 Å². The van der Waals surface area contributed by atoms with Crippen molar-refractivity contribution in [3.05, 3.63) is 58.1 Å². The van der Waals surface area contributed by atoms with Gasteiger partial charge in [-0.3, -0.25) is 4.79 Å². The highest BCUT2D eigenvalue weighted by Gasteiger charge is 2.57. The topological polar surface area (TPSA) is 50.8 Å². The van der Waals surface area contributed by atoms with Crippen molar-refractivity contribution < 1.29 is 14.3 Å². The molecule has 2 aromatic carbocycles. The Hall–Kier alpha value is -2.47. The van der Waals surface area contributed by atoms with Gasteiger partial charge in [0.2, 0.25) is 5.91 Å². The maximum absolute atomic E-state index is 12.5. The number of rotatable bonds is 4. The number of nitrogens with one attached hydrogen (secondary N) is 1. The smallest absolute Gasteiger partial charge is 0.223 e. The lowest BCUT2D eigenvalue weighted by atomic mass is 9.74. The molecule has 0 aromatic heterocycles. The lowest BCUT2D eigenvalue weighted by Crippen LogP contribution is -2.68. The second-order valence-electron chi connectivity index (χ2n) is 7.92. The zero-order valence-corrected chi connectivity index (χ0v) is 18.7. The van der Waals surface area contributed by atoms with Gasteiger partial charge in [0, 0.05) is 34.1 Å². The second kappa shape index (κ2) is 7.10. The van der Waals surface area contributed by atoms with Crippen LogP contribution >= 0.6 is 15.9 Å². The summed E-state index contributed by atoms with van der Waals surface area (Å²) in [6.07, 6.45) is 4.58. The van der Waals surface area contributed by atoms with Crippen molar-refractivity contribution in [2.75, 3.05) is 25.7 Å². The largest absolute Gasteiger partial charge is 0.493 e. The number of fused-ring (bicyclic) bond motifs is 3. The molecule has 0 radical (unpaired) electrons. The lowest BCUT2D eigenvalue weighted by Gasteiger charge is -2.49. The van der Waals surface area contributed by atoms with Crippen LogP contribution in [0.25, 0.3) is 6.08 Å². The fraction of sp³-hybridized carbons (Fsp3) is 0.348. The summed E-state index contributed by atoms with van der Waals surface area (Å²) >= 11 is 3.60. The van der Waals surface area contributed by atoms with Gasteiger partial charge in [-0.1, -0.05) is 48.0 Å². The van der Waals surface area contributed by atoms with Crippen LogP contribution in [-0.2, 0) is 10.2 Å². The number of carbonyl (C=O) groups is 1. The van der Waals surface area contributed by atoms with Gasteiger partial charge in [0.25, 0.3) is 0 Å². The Morgan fingerprint density at radius 1 is 1.17 bits per heavy atom. The monoisotopic (exact) mass is 456 g/mol. The molecule has 2 aromatic rings. The maximum Gasteiger partial charge on any atom is 0.223 e. The number of halogens is 1. The quantitative estimate of drug-likeness (QED) is 0.735. The molecule has 0 bridgehead atoms. The summed E-state index contributed by atoms with van der Waals surface area (Å²) in [5, 5.41) is 3.30. The van der Waals surface area contributed by atoms with Crippen LogP contribution in [0.15, 0.2) is 46.9 Å². The van der Waals surface area contributed by atoms with Crippen molar-refractivity contribution in [2.45, 2.75) is 31.3 Å². The minimum Gasteiger partial charge on any atom is -0.493 e.